The minimum Gasteiger partial charge on any atom is -0.459 e. The van der Waals surface area contributed by atoms with Crippen LogP contribution in [-0.2, 0) is 23.9 Å². The average Bonchev–Trinajstić information content (AvgIpc) is 2.39. The van der Waals surface area contributed by atoms with E-state index in [1.165, 1.54) is 13.2 Å². The Morgan fingerprint density at radius 1 is 1.04 bits per heavy atom. The molecule has 25 heavy (non-hydrogen) atoms. The van der Waals surface area contributed by atoms with Crippen LogP contribution < -0.4 is 16.9 Å². The van der Waals surface area contributed by atoms with Crippen LogP contribution in [0.5, 0.6) is 0 Å². The zero-order chi connectivity index (χ0) is 19.7. The number of nitrogens with one attached hydrogen (secondary N) is 1. The van der Waals surface area contributed by atoms with E-state index in [-0.39, 0.29) is 6.42 Å². The molecule has 2 unspecified atom stereocenters. The Balaban J connectivity index is 3.35. The van der Waals surface area contributed by atoms with Gasteiger partial charge in [0.15, 0.2) is 5.54 Å². The maximum atomic E-state index is 12.8. The van der Waals surface area contributed by atoms with Crippen molar-refractivity contribution >= 4 is 11.9 Å². The van der Waals surface area contributed by atoms with E-state index in [1.807, 2.05) is 0 Å². The molecule has 1 aliphatic carbocycles. The van der Waals surface area contributed by atoms with Crippen LogP contribution in [0, 0.1) is 0 Å². The molecule has 8 heteroatoms. The Morgan fingerprint density at radius 3 is 1.96 bits per heavy atom. The van der Waals surface area contributed by atoms with Crippen LogP contribution in [0.2, 0.25) is 0 Å². The standard InChI is InChI=1S/C17H31N3O5/c1-14(2,3)24-12(21)16(18)9-8-11(20-23-7)10-17(16,19)13(22)25-15(4,5)6/h10,20H,8-9,18-19H2,1-7H3. The van der Waals surface area contributed by atoms with E-state index >= 15 is 0 Å². The maximum Gasteiger partial charge on any atom is 0.333 e. The van der Waals surface area contributed by atoms with Crippen molar-refractivity contribution < 1.29 is 23.9 Å². The molecule has 144 valence electrons. The lowest BCUT2D eigenvalue weighted by Gasteiger charge is -2.45. The highest BCUT2D eigenvalue weighted by atomic mass is 16.6. The highest BCUT2D eigenvalue weighted by molar-refractivity contribution is 5.97. The molecule has 0 bridgehead atoms. The summed E-state index contributed by atoms with van der Waals surface area (Å²) in [7, 11) is 1.44. The van der Waals surface area contributed by atoms with Gasteiger partial charge in [0.05, 0.1) is 7.11 Å². The Labute approximate surface area is 149 Å². The summed E-state index contributed by atoms with van der Waals surface area (Å²) < 4.78 is 10.8. The van der Waals surface area contributed by atoms with Crippen LogP contribution in [0.25, 0.3) is 0 Å². The van der Waals surface area contributed by atoms with Gasteiger partial charge in [-0.15, -0.1) is 0 Å². The largest absolute Gasteiger partial charge is 0.459 e. The fraction of sp³-hybridized carbons (Fsp3) is 0.765. The zero-order valence-corrected chi connectivity index (χ0v) is 16.2. The second-order valence-electron chi connectivity index (χ2n) is 8.32. The molecule has 1 rings (SSSR count). The first kappa shape index (κ1) is 21.4. The lowest BCUT2D eigenvalue weighted by Crippen LogP contribution is -2.75. The Kier molecular flexibility index (Phi) is 5.94. The minimum atomic E-state index is -1.90. The van der Waals surface area contributed by atoms with E-state index in [4.69, 9.17) is 25.8 Å². The molecule has 5 N–H and O–H groups in total. The fourth-order valence-electron chi connectivity index (χ4n) is 2.47. The topological polar surface area (TPSA) is 126 Å². The lowest BCUT2D eigenvalue weighted by molar-refractivity contribution is -0.175. The number of carbonyl (C=O) groups is 2. The summed E-state index contributed by atoms with van der Waals surface area (Å²) in [4.78, 5) is 30.5. The first-order chi connectivity index (χ1) is 11.1. The fourth-order valence-corrected chi connectivity index (χ4v) is 2.47. The van der Waals surface area contributed by atoms with Crippen molar-refractivity contribution in [2.45, 2.75) is 76.7 Å². The number of hydrogen-bond donors (Lipinski definition) is 3. The summed E-state index contributed by atoms with van der Waals surface area (Å²) >= 11 is 0. The molecule has 0 heterocycles. The number of carbonyl (C=O) groups excluding carboxylic acids is 2. The van der Waals surface area contributed by atoms with Crippen LogP contribution in [0.3, 0.4) is 0 Å². The quantitative estimate of drug-likeness (QED) is 0.500. The smallest absolute Gasteiger partial charge is 0.333 e. The van der Waals surface area contributed by atoms with Gasteiger partial charge < -0.3 is 20.9 Å². The van der Waals surface area contributed by atoms with Crippen molar-refractivity contribution in [1.82, 2.24) is 5.48 Å². The van der Waals surface area contributed by atoms with Gasteiger partial charge in [0.1, 0.15) is 16.7 Å². The highest BCUT2D eigenvalue weighted by Crippen LogP contribution is 2.35. The molecule has 0 fully saturated rings. The van der Waals surface area contributed by atoms with Crippen LogP contribution >= 0.6 is 0 Å². The van der Waals surface area contributed by atoms with Gasteiger partial charge in [-0.2, -0.15) is 0 Å². The summed E-state index contributed by atoms with van der Waals surface area (Å²) in [5.41, 5.74) is 10.7. The van der Waals surface area contributed by atoms with Gasteiger partial charge in [-0.1, -0.05) is 0 Å². The molecule has 1 aliphatic rings. The zero-order valence-electron chi connectivity index (χ0n) is 16.2. The van der Waals surface area contributed by atoms with Gasteiger partial charge in [-0.3, -0.25) is 10.3 Å². The SMILES string of the molecule is CONC1=CC(N)(C(=O)OC(C)(C)C)C(N)(C(=O)OC(C)(C)C)CC1. The second kappa shape index (κ2) is 6.93. The van der Waals surface area contributed by atoms with E-state index in [9.17, 15) is 9.59 Å². The monoisotopic (exact) mass is 357 g/mol. The molecule has 0 aliphatic heterocycles. The maximum absolute atomic E-state index is 12.8. The molecule has 0 spiro atoms. The molecule has 8 nitrogen and oxygen atoms in total. The molecule has 0 saturated carbocycles. The van der Waals surface area contributed by atoms with Crippen LogP contribution in [0.15, 0.2) is 11.8 Å². The van der Waals surface area contributed by atoms with E-state index in [0.717, 1.165) is 0 Å². The predicted octanol–water partition coefficient (Wildman–Crippen LogP) is 0.894. The summed E-state index contributed by atoms with van der Waals surface area (Å²) in [6.07, 6.45) is 1.85. The first-order valence-electron chi connectivity index (χ1n) is 8.20. The van der Waals surface area contributed by atoms with Crippen molar-refractivity contribution in [3.63, 3.8) is 0 Å². The number of nitrogens with two attached hydrogens (primary N) is 2. The summed E-state index contributed by atoms with van der Waals surface area (Å²) in [5, 5.41) is 0. The number of hydrogen-bond acceptors (Lipinski definition) is 8. The van der Waals surface area contributed by atoms with Crippen molar-refractivity contribution in [3.8, 4) is 0 Å². The molecule has 0 aromatic carbocycles. The first-order valence-corrected chi connectivity index (χ1v) is 8.20. The highest BCUT2D eigenvalue weighted by Gasteiger charge is 2.60. The Morgan fingerprint density at radius 2 is 1.52 bits per heavy atom. The number of allylic oxidation sites excluding steroid dienone is 1. The van der Waals surface area contributed by atoms with E-state index < -0.39 is 34.2 Å². The molecule has 0 radical (unpaired) electrons. The third-order valence-electron chi connectivity index (χ3n) is 3.66. The van der Waals surface area contributed by atoms with Crippen molar-refractivity contribution in [2.24, 2.45) is 11.5 Å². The third kappa shape index (κ3) is 4.93. The van der Waals surface area contributed by atoms with Gasteiger partial charge in [0, 0.05) is 5.70 Å². The molecular formula is C17H31N3O5. The molecule has 0 aromatic heterocycles. The average molecular weight is 357 g/mol. The summed E-state index contributed by atoms with van der Waals surface area (Å²) in [6.45, 7) is 10.3. The summed E-state index contributed by atoms with van der Waals surface area (Å²) in [6, 6.07) is 0. The number of rotatable bonds is 4. The van der Waals surface area contributed by atoms with Crippen molar-refractivity contribution in [2.75, 3.05) is 7.11 Å². The molecule has 0 aromatic rings. The van der Waals surface area contributed by atoms with E-state index in [2.05, 4.69) is 5.48 Å². The number of ether oxygens (including phenoxy) is 2. The van der Waals surface area contributed by atoms with Gasteiger partial charge >= 0.3 is 11.9 Å². The number of hydroxylamine groups is 1. The van der Waals surface area contributed by atoms with Gasteiger partial charge in [0.25, 0.3) is 0 Å². The van der Waals surface area contributed by atoms with Crippen LogP contribution in [0.1, 0.15) is 54.4 Å². The molecular weight excluding hydrogens is 326 g/mol. The normalized spacial score (nSPS) is 27.3. The van der Waals surface area contributed by atoms with Crippen LogP contribution in [-0.4, -0.2) is 41.3 Å². The Bertz CT molecular complexity index is 562. The van der Waals surface area contributed by atoms with Gasteiger partial charge in [-0.05, 0) is 60.5 Å². The van der Waals surface area contributed by atoms with Gasteiger partial charge in [0.2, 0.25) is 0 Å². The second-order valence-corrected chi connectivity index (χ2v) is 8.32. The van der Waals surface area contributed by atoms with E-state index in [1.54, 1.807) is 41.5 Å². The Hall–Kier alpha value is -1.64. The van der Waals surface area contributed by atoms with Crippen molar-refractivity contribution in [1.29, 1.82) is 0 Å². The lowest BCUT2D eigenvalue weighted by atomic mass is 9.70. The molecule has 0 saturated heterocycles. The van der Waals surface area contributed by atoms with Crippen LogP contribution in [0.4, 0.5) is 0 Å². The molecule has 0 amide bonds. The van der Waals surface area contributed by atoms with Gasteiger partial charge in [-0.25, -0.2) is 9.59 Å². The molecule has 2 atom stereocenters. The minimum absolute atomic E-state index is 0.0971. The number of esters is 2. The van der Waals surface area contributed by atoms with Crippen molar-refractivity contribution in [3.05, 3.63) is 11.8 Å². The summed E-state index contributed by atoms with van der Waals surface area (Å²) in [5.74, 6) is -1.55. The van der Waals surface area contributed by atoms with E-state index in [0.29, 0.717) is 12.1 Å². The predicted molar refractivity (Wildman–Crippen MR) is 93.0 cm³/mol. The third-order valence-corrected chi connectivity index (χ3v) is 3.66.